The second-order valence-electron chi connectivity index (χ2n) is 5.86. The summed E-state index contributed by atoms with van der Waals surface area (Å²) in [4.78, 5) is 24.3. The van der Waals surface area contributed by atoms with E-state index < -0.39 is 18.5 Å². The van der Waals surface area contributed by atoms with Crippen molar-refractivity contribution in [1.82, 2.24) is 5.32 Å². The first-order valence-electron chi connectivity index (χ1n) is 8.24. The standard InChI is InChI=1S/C20H18BrNO5/c1-12-15-9-14(21)7-8-17(15)27-19(12)20(24)26-11-18(23)22-10-13-5-3-4-6-16(13)25-2/h3-9H,10-11H2,1-2H3,(H,22,23). The van der Waals surface area contributed by atoms with Gasteiger partial charge in [-0.2, -0.15) is 0 Å². The first kappa shape index (κ1) is 19.0. The monoisotopic (exact) mass is 431 g/mol. The Morgan fingerprint density at radius 1 is 1.19 bits per heavy atom. The van der Waals surface area contributed by atoms with Crippen LogP contribution in [0.3, 0.4) is 0 Å². The van der Waals surface area contributed by atoms with Gasteiger partial charge in [-0.15, -0.1) is 0 Å². The molecule has 1 N–H and O–H groups in total. The third-order valence-electron chi connectivity index (χ3n) is 4.09. The van der Waals surface area contributed by atoms with Crippen LogP contribution in [0.4, 0.5) is 0 Å². The lowest BCUT2D eigenvalue weighted by atomic mass is 10.1. The van der Waals surface area contributed by atoms with Crippen molar-refractivity contribution in [2.45, 2.75) is 13.5 Å². The first-order chi connectivity index (χ1) is 13.0. The fourth-order valence-electron chi connectivity index (χ4n) is 2.68. The van der Waals surface area contributed by atoms with Gasteiger partial charge in [0.05, 0.1) is 7.11 Å². The molecule has 0 radical (unpaired) electrons. The van der Waals surface area contributed by atoms with E-state index in [4.69, 9.17) is 13.9 Å². The van der Waals surface area contributed by atoms with Crippen molar-refractivity contribution in [3.05, 3.63) is 63.8 Å². The van der Waals surface area contributed by atoms with Gasteiger partial charge in [-0.3, -0.25) is 4.79 Å². The summed E-state index contributed by atoms with van der Waals surface area (Å²) in [6.07, 6.45) is 0. The van der Waals surface area contributed by atoms with Gasteiger partial charge in [0, 0.05) is 27.5 Å². The molecule has 2 aromatic carbocycles. The SMILES string of the molecule is COc1ccccc1CNC(=O)COC(=O)c1oc2ccc(Br)cc2c1C. The summed E-state index contributed by atoms with van der Waals surface area (Å²) in [6.45, 7) is 1.66. The van der Waals surface area contributed by atoms with E-state index in [0.29, 0.717) is 16.9 Å². The fraction of sp³-hybridized carbons (Fsp3) is 0.200. The fourth-order valence-corrected chi connectivity index (χ4v) is 3.04. The molecular formula is C20H18BrNO5. The number of hydrogen-bond donors (Lipinski definition) is 1. The molecule has 6 nitrogen and oxygen atoms in total. The molecular weight excluding hydrogens is 414 g/mol. The summed E-state index contributed by atoms with van der Waals surface area (Å²) in [5.74, 6) is -0.308. The highest BCUT2D eigenvalue weighted by atomic mass is 79.9. The lowest BCUT2D eigenvalue weighted by Gasteiger charge is -2.09. The highest BCUT2D eigenvalue weighted by molar-refractivity contribution is 9.10. The summed E-state index contributed by atoms with van der Waals surface area (Å²) < 4.78 is 16.8. The zero-order valence-corrected chi connectivity index (χ0v) is 16.5. The van der Waals surface area contributed by atoms with E-state index in [1.54, 1.807) is 20.1 Å². The van der Waals surface area contributed by atoms with E-state index in [1.807, 2.05) is 36.4 Å². The predicted octanol–water partition coefficient (Wildman–Crippen LogP) is 3.99. The minimum Gasteiger partial charge on any atom is -0.496 e. The number of rotatable bonds is 6. The molecule has 140 valence electrons. The van der Waals surface area contributed by atoms with Gasteiger partial charge in [0.15, 0.2) is 6.61 Å². The number of furan rings is 1. The number of ether oxygens (including phenoxy) is 2. The lowest BCUT2D eigenvalue weighted by molar-refractivity contribution is -0.124. The number of carbonyl (C=O) groups is 2. The maximum atomic E-state index is 12.3. The summed E-state index contributed by atoms with van der Waals surface area (Å²) in [5.41, 5.74) is 2.09. The number of halogens is 1. The molecule has 1 aromatic heterocycles. The Bertz CT molecular complexity index is 995. The Balaban J connectivity index is 1.59. The van der Waals surface area contributed by atoms with Crippen molar-refractivity contribution in [2.24, 2.45) is 0 Å². The topological polar surface area (TPSA) is 77.8 Å². The highest BCUT2D eigenvalue weighted by Crippen LogP contribution is 2.28. The van der Waals surface area contributed by atoms with E-state index in [0.717, 1.165) is 15.4 Å². The second kappa shape index (κ2) is 8.26. The number of nitrogens with one attached hydrogen (secondary N) is 1. The number of aryl methyl sites for hydroxylation is 1. The van der Waals surface area contributed by atoms with E-state index in [9.17, 15) is 9.59 Å². The van der Waals surface area contributed by atoms with E-state index in [-0.39, 0.29) is 12.3 Å². The van der Waals surface area contributed by atoms with Gasteiger partial charge in [0.25, 0.3) is 5.91 Å². The number of methoxy groups -OCH3 is 1. The van der Waals surface area contributed by atoms with Crippen LogP contribution in [0, 0.1) is 6.92 Å². The predicted molar refractivity (Wildman–Crippen MR) is 104 cm³/mol. The molecule has 3 aromatic rings. The van der Waals surface area contributed by atoms with E-state index in [2.05, 4.69) is 21.2 Å². The largest absolute Gasteiger partial charge is 0.496 e. The van der Waals surface area contributed by atoms with Gasteiger partial charge in [-0.25, -0.2) is 4.79 Å². The van der Waals surface area contributed by atoms with Gasteiger partial charge in [-0.1, -0.05) is 34.1 Å². The number of carbonyl (C=O) groups excluding carboxylic acids is 2. The third-order valence-corrected chi connectivity index (χ3v) is 4.58. The highest BCUT2D eigenvalue weighted by Gasteiger charge is 2.20. The molecule has 0 fully saturated rings. The maximum absolute atomic E-state index is 12.3. The molecule has 27 heavy (non-hydrogen) atoms. The van der Waals surface area contributed by atoms with Gasteiger partial charge in [-0.05, 0) is 31.2 Å². The van der Waals surface area contributed by atoms with Crippen LogP contribution in [-0.2, 0) is 16.1 Å². The summed E-state index contributed by atoms with van der Waals surface area (Å²) in [5, 5.41) is 3.51. The van der Waals surface area contributed by atoms with Gasteiger partial charge in [0.2, 0.25) is 5.76 Å². The maximum Gasteiger partial charge on any atom is 0.375 e. The molecule has 0 saturated heterocycles. The van der Waals surface area contributed by atoms with Crippen molar-refractivity contribution >= 4 is 38.8 Å². The molecule has 3 rings (SSSR count). The number of fused-ring (bicyclic) bond motifs is 1. The molecule has 0 aliphatic rings. The summed E-state index contributed by atoms with van der Waals surface area (Å²) in [7, 11) is 1.57. The van der Waals surface area contributed by atoms with Crippen LogP contribution in [-0.4, -0.2) is 25.6 Å². The Hall–Kier alpha value is -2.80. The van der Waals surface area contributed by atoms with Gasteiger partial charge in [0.1, 0.15) is 11.3 Å². The zero-order chi connectivity index (χ0) is 19.4. The minimum absolute atomic E-state index is 0.0978. The molecule has 1 amide bonds. The smallest absolute Gasteiger partial charge is 0.375 e. The van der Waals surface area contributed by atoms with Crippen LogP contribution in [0.25, 0.3) is 11.0 Å². The molecule has 0 aliphatic carbocycles. The molecule has 0 spiro atoms. The summed E-state index contributed by atoms with van der Waals surface area (Å²) >= 11 is 3.39. The van der Waals surface area contributed by atoms with Gasteiger partial charge >= 0.3 is 5.97 Å². The molecule has 0 aliphatic heterocycles. The Labute approximate surface area is 164 Å². The molecule has 0 unspecified atom stereocenters. The molecule has 0 saturated carbocycles. The van der Waals surface area contributed by atoms with Crippen molar-refractivity contribution in [2.75, 3.05) is 13.7 Å². The Kier molecular flexibility index (Phi) is 5.81. The van der Waals surface area contributed by atoms with E-state index in [1.165, 1.54) is 0 Å². The number of hydrogen-bond acceptors (Lipinski definition) is 5. The minimum atomic E-state index is -0.674. The van der Waals surface area contributed by atoms with Crippen LogP contribution >= 0.6 is 15.9 Å². The Morgan fingerprint density at radius 2 is 1.96 bits per heavy atom. The number of benzene rings is 2. The second-order valence-corrected chi connectivity index (χ2v) is 6.78. The Morgan fingerprint density at radius 3 is 2.74 bits per heavy atom. The molecule has 1 heterocycles. The molecule has 0 bridgehead atoms. The van der Waals surface area contributed by atoms with Crippen LogP contribution < -0.4 is 10.1 Å². The number of para-hydroxylation sites is 1. The quantitative estimate of drug-likeness (QED) is 0.597. The van der Waals surface area contributed by atoms with Crippen molar-refractivity contribution in [3.63, 3.8) is 0 Å². The number of esters is 1. The lowest BCUT2D eigenvalue weighted by Crippen LogP contribution is -2.28. The zero-order valence-electron chi connectivity index (χ0n) is 14.9. The van der Waals surface area contributed by atoms with Crippen molar-refractivity contribution in [3.8, 4) is 5.75 Å². The first-order valence-corrected chi connectivity index (χ1v) is 9.03. The van der Waals surface area contributed by atoms with Crippen LogP contribution in [0.2, 0.25) is 0 Å². The van der Waals surface area contributed by atoms with Crippen LogP contribution in [0.5, 0.6) is 5.75 Å². The van der Waals surface area contributed by atoms with Crippen molar-refractivity contribution in [1.29, 1.82) is 0 Å². The molecule has 0 atom stereocenters. The van der Waals surface area contributed by atoms with Crippen LogP contribution in [0.1, 0.15) is 21.7 Å². The third kappa shape index (κ3) is 4.31. The van der Waals surface area contributed by atoms with Gasteiger partial charge < -0.3 is 19.2 Å². The average molecular weight is 432 g/mol. The summed E-state index contributed by atoms with van der Waals surface area (Å²) in [6, 6.07) is 12.8. The number of amides is 1. The van der Waals surface area contributed by atoms with E-state index >= 15 is 0 Å². The van der Waals surface area contributed by atoms with Crippen LogP contribution in [0.15, 0.2) is 51.4 Å². The normalized spacial score (nSPS) is 10.6. The molecule has 7 heteroatoms. The van der Waals surface area contributed by atoms with Crippen molar-refractivity contribution < 1.29 is 23.5 Å². The average Bonchev–Trinajstić information content (AvgIpc) is 3.00.